The highest BCUT2D eigenvalue weighted by Crippen LogP contribution is 2.28. The van der Waals surface area contributed by atoms with Gasteiger partial charge in [0.2, 0.25) is 5.91 Å². The van der Waals surface area contributed by atoms with Crippen molar-refractivity contribution in [2.45, 2.75) is 51.1 Å². The summed E-state index contributed by atoms with van der Waals surface area (Å²) in [6.45, 7) is 1.99. The fourth-order valence-corrected chi connectivity index (χ4v) is 6.85. The molecular formula is C42H43N5O7. The molecule has 0 bridgehead atoms. The van der Waals surface area contributed by atoms with Crippen LogP contribution in [0.2, 0.25) is 0 Å². The lowest BCUT2D eigenvalue weighted by Gasteiger charge is -2.25. The highest BCUT2D eigenvalue weighted by atomic mass is 16.4. The summed E-state index contributed by atoms with van der Waals surface area (Å²) in [5.74, 6) is -2.57. The molecule has 0 radical (unpaired) electrons. The first-order valence-electron chi connectivity index (χ1n) is 18.0. The smallest absolute Gasteiger partial charge is 0.335 e. The minimum absolute atomic E-state index is 0.00856. The highest BCUT2D eigenvalue weighted by molar-refractivity contribution is 6.19. The number of likely N-dealkylation sites (N-methyl/N-ethyl adjacent to an activating group) is 1. The summed E-state index contributed by atoms with van der Waals surface area (Å²) in [6.07, 6.45) is 3.09. The molecule has 0 aliphatic carbocycles. The van der Waals surface area contributed by atoms with Crippen molar-refractivity contribution in [1.29, 1.82) is 0 Å². The van der Waals surface area contributed by atoms with E-state index < -0.39 is 11.9 Å². The lowest BCUT2D eigenvalue weighted by molar-refractivity contribution is -0.141. The lowest BCUT2D eigenvalue weighted by atomic mass is 10.0. The summed E-state index contributed by atoms with van der Waals surface area (Å²) in [7, 11) is 1.72. The minimum atomic E-state index is -0.992. The second-order valence-corrected chi connectivity index (χ2v) is 13.7. The monoisotopic (exact) mass is 729 g/mol. The zero-order valence-corrected chi connectivity index (χ0v) is 30.0. The number of fused-ring (bicyclic) bond motifs is 1. The van der Waals surface area contributed by atoms with Crippen molar-refractivity contribution in [2.75, 3.05) is 30.8 Å². The van der Waals surface area contributed by atoms with Gasteiger partial charge in [-0.15, -0.1) is 0 Å². The zero-order valence-electron chi connectivity index (χ0n) is 30.0. The van der Waals surface area contributed by atoms with Crippen LogP contribution in [0.5, 0.6) is 0 Å². The van der Waals surface area contributed by atoms with Crippen LogP contribution in [0.1, 0.15) is 73.4 Å². The Morgan fingerprint density at radius 3 is 2.19 bits per heavy atom. The third kappa shape index (κ3) is 9.39. The maximum atomic E-state index is 13.8. The number of carbonyl (C=O) groups is 5. The molecular weight excluding hydrogens is 686 g/mol. The van der Waals surface area contributed by atoms with Crippen molar-refractivity contribution in [3.8, 4) is 0 Å². The molecule has 0 saturated carbocycles. The number of benzene rings is 4. The van der Waals surface area contributed by atoms with Gasteiger partial charge in [0.05, 0.1) is 17.5 Å². The van der Waals surface area contributed by atoms with Gasteiger partial charge in [0, 0.05) is 61.3 Å². The molecule has 3 amide bonds. The lowest BCUT2D eigenvalue weighted by Crippen LogP contribution is -2.39. The minimum Gasteiger partial charge on any atom is -0.481 e. The van der Waals surface area contributed by atoms with Gasteiger partial charge in [-0.05, 0) is 84.8 Å². The molecule has 54 heavy (non-hydrogen) atoms. The number of hydrogen-bond acceptors (Lipinski definition) is 6. The van der Waals surface area contributed by atoms with Crippen LogP contribution in [0.15, 0.2) is 97.1 Å². The normalized spacial score (nSPS) is 14.1. The molecule has 5 aromatic rings. The molecule has 2 heterocycles. The van der Waals surface area contributed by atoms with Crippen LogP contribution in [0, 0.1) is 0 Å². The number of aryl methyl sites for hydroxylation is 2. The van der Waals surface area contributed by atoms with Gasteiger partial charge in [-0.3, -0.25) is 24.1 Å². The van der Waals surface area contributed by atoms with Crippen molar-refractivity contribution in [2.24, 2.45) is 0 Å². The van der Waals surface area contributed by atoms with Gasteiger partial charge in [-0.25, -0.2) is 4.79 Å². The number of carbonyl (C=O) groups excluding carboxylic acids is 3. The van der Waals surface area contributed by atoms with E-state index in [-0.39, 0.29) is 48.0 Å². The van der Waals surface area contributed by atoms with Crippen LogP contribution >= 0.6 is 0 Å². The Balaban J connectivity index is 1.07. The van der Waals surface area contributed by atoms with Crippen LogP contribution in [-0.2, 0) is 29.0 Å². The number of H-pyrrole nitrogens is 1. The molecule has 1 fully saturated rings. The number of amides is 3. The molecule has 1 aromatic heterocycles. The van der Waals surface area contributed by atoms with Gasteiger partial charge in [0.25, 0.3) is 11.8 Å². The molecule has 6 rings (SSSR count). The number of carboxylic acids is 2. The summed E-state index contributed by atoms with van der Waals surface area (Å²) in [6, 6.07) is 29.2. The average Bonchev–Trinajstić information content (AvgIpc) is 3.79. The Morgan fingerprint density at radius 1 is 0.778 bits per heavy atom. The summed E-state index contributed by atoms with van der Waals surface area (Å²) < 4.78 is 0. The Hall–Kier alpha value is -6.27. The summed E-state index contributed by atoms with van der Waals surface area (Å²) in [4.78, 5) is 68.8. The van der Waals surface area contributed by atoms with E-state index in [0.29, 0.717) is 40.8 Å². The maximum absolute atomic E-state index is 13.8. The van der Waals surface area contributed by atoms with E-state index in [1.807, 2.05) is 78.9 Å². The fraction of sp³-hybridized carbons (Fsp3) is 0.262. The molecule has 12 heteroatoms. The zero-order chi connectivity index (χ0) is 38.2. The molecule has 1 unspecified atom stereocenters. The molecule has 1 atom stereocenters. The van der Waals surface area contributed by atoms with Gasteiger partial charge in [0.15, 0.2) is 0 Å². The Morgan fingerprint density at radius 2 is 1.48 bits per heavy atom. The summed E-state index contributed by atoms with van der Waals surface area (Å²) in [5, 5.41) is 24.6. The van der Waals surface area contributed by atoms with Crippen LogP contribution < -0.4 is 10.6 Å². The SMILES string of the molecule is CN(C(=O)CCC(=O)O)C1CCN(Cc2cccc(C(=O)Nc3[nH]c4ccccc4c3C(=O)Nc3ccc(CCCc4ccc(C(=O)O)cc4)cc3)c2)C1. The van der Waals surface area contributed by atoms with E-state index >= 15 is 0 Å². The number of aromatic nitrogens is 1. The van der Waals surface area contributed by atoms with Crippen LogP contribution in [0.3, 0.4) is 0 Å². The third-order valence-corrected chi connectivity index (χ3v) is 9.85. The molecule has 0 spiro atoms. The Bertz CT molecular complexity index is 2160. The predicted molar refractivity (Wildman–Crippen MR) is 206 cm³/mol. The highest BCUT2D eigenvalue weighted by Gasteiger charge is 2.29. The van der Waals surface area contributed by atoms with Gasteiger partial charge >= 0.3 is 11.9 Å². The fourth-order valence-electron chi connectivity index (χ4n) is 6.85. The number of aromatic amines is 1. The molecule has 12 nitrogen and oxygen atoms in total. The second-order valence-electron chi connectivity index (χ2n) is 13.7. The number of aliphatic carboxylic acids is 1. The molecule has 1 aliphatic rings. The molecule has 1 saturated heterocycles. The third-order valence-electron chi connectivity index (χ3n) is 9.85. The number of likely N-dealkylation sites (tertiary alicyclic amines) is 1. The number of aromatic carboxylic acids is 1. The van der Waals surface area contributed by atoms with E-state index in [1.165, 1.54) is 0 Å². The average molecular weight is 730 g/mol. The van der Waals surface area contributed by atoms with Gasteiger partial charge in [0.1, 0.15) is 5.82 Å². The van der Waals surface area contributed by atoms with Crippen molar-refractivity contribution >= 4 is 52.1 Å². The standard InChI is InChI=1S/C42H43N5O7/c1-46(36(48)20-21-37(49)50)33-22-23-47(26-33)25-29-8-5-9-31(24-29)40(51)45-39-38(34-10-2-3-11-35(34)44-39)41(52)43-32-18-14-28(15-19-32)7-4-6-27-12-16-30(17-13-27)42(53)54/h2-3,5,8-19,24,33,44H,4,6-7,20-23,25-26H2,1H3,(H,43,52)(H,45,51)(H,49,50)(H,53,54). The number of carboxylic acid groups (broad SMARTS) is 2. The van der Waals surface area contributed by atoms with Crippen molar-refractivity contribution in [3.63, 3.8) is 0 Å². The van der Waals surface area contributed by atoms with E-state index in [4.69, 9.17) is 10.2 Å². The maximum Gasteiger partial charge on any atom is 0.335 e. The number of rotatable bonds is 15. The van der Waals surface area contributed by atoms with E-state index in [9.17, 15) is 24.0 Å². The van der Waals surface area contributed by atoms with Crippen LogP contribution in [0.25, 0.3) is 10.9 Å². The van der Waals surface area contributed by atoms with Crippen molar-refractivity contribution in [3.05, 3.63) is 130 Å². The predicted octanol–water partition coefficient (Wildman–Crippen LogP) is 6.44. The van der Waals surface area contributed by atoms with E-state index in [0.717, 1.165) is 48.9 Å². The first kappa shape index (κ1) is 37.5. The van der Waals surface area contributed by atoms with Gasteiger partial charge in [-0.1, -0.05) is 54.6 Å². The molecule has 1 aliphatic heterocycles. The Labute approximate surface area is 312 Å². The summed E-state index contributed by atoms with van der Waals surface area (Å²) >= 11 is 0. The number of hydrogen-bond donors (Lipinski definition) is 5. The van der Waals surface area contributed by atoms with Crippen LogP contribution in [0.4, 0.5) is 11.5 Å². The van der Waals surface area contributed by atoms with Crippen molar-refractivity contribution < 1.29 is 34.2 Å². The van der Waals surface area contributed by atoms with E-state index in [2.05, 4.69) is 20.5 Å². The first-order valence-corrected chi connectivity index (χ1v) is 18.0. The number of anilines is 2. The largest absolute Gasteiger partial charge is 0.481 e. The second kappa shape index (κ2) is 17.0. The van der Waals surface area contributed by atoms with E-state index in [1.54, 1.807) is 30.1 Å². The van der Waals surface area contributed by atoms with Gasteiger partial charge < -0.3 is 30.7 Å². The Kier molecular flexibility index (Phi) is 11.8. The van der Waals surface area contributed by atoms with Gasteiger partial charge in [-0.2, -0.15) is 0 Å². The topological polar surface area (TPSA) is 172 Å². The molecule has 5 N–H and O–H groups in total. The summed E-state index contributed by atoms with van der Waals surface area (Å²) in [5.41, 5.74) is 5.45. The number of nitrogens with zero attached hydrogens (tertiary/aromatic N) is 2. The first-order chi connectivity index (χ1) is 26.0. The number of nitrogens with one attached hydrogen (secondary N) is 3. The molecule has 278 valence electrons. The number of para-hydroxylation sites is 1. The van der Waals surface area contributed by atoms with Crippen molar-refractivity contribution in [1.82, 2.24) is 14.8 Å². The molecule has 4 aromatic carbocycles. The quantitative estimate of drug-likeness (QED) is 0.0819. The van der Waals surface area contributed by atoms with Crippen LogP contribution in [-0.4, -0.2) is 80.8 Å².